The number of amides is 1. The van der Waals surface area contributed by atoms with Crippen molar-refractivity contribution in [2.45, 2.75) is 51.9 Å². The van der Waals surface area contributed by atoms with Crippen LogP contribution in [-0.4, -0.2) is 34.7 Å². The lowest BCUT2D eigenvalue weighted by Gasteiger charge is -2.32. The number of carbonyl (C=O) groups excluding carboxylic acids is 2. The lowest BCUT2D eigenvalue weighted by Crippen LogP contribution is -2.38. The summed E-state index contributed by atoms with van der Waals surface area (Å²) in [6.07, 6.45) is 5.49. The highest BCUT2D eigenvalue weighted by Gasteiger charge is 2.25. The number of nitrogens with zero attached hydrogens (tertiary/aromatic N) is 3. The van der Waals surface area contributed by atoms with Crippen molar-refractivity contribution in [1.82, 2.24) is 9.88 Å². The van der Waals surface area contributed by atoms with Crippen molar-refractivity contribution >= 4 is 11.7 Å². The number of ketones is 1. The molecule has 35 heavy (non-hydrogen) atoms. The van der Waals surface area contributed by atoms with Gasteiger partial charge < -0.3 is 4.90 Å². The van der Waals surface area contributed by atoms with Crippen LogP contribution in [0.15, 0.2) is 60.8 Å². The Morgan fingerprint density at radius 2 is 1.74 bits per heavy atom. The lowest BCUT2D eigenvalue weighted by atomic mass is 9.88. The smallest absolute Gasteiger partial charge is 0.253 e. The molecule has 3 aromatic rings. The molecular weight excluding hydrogens is 434 g/mol. The first-order valence-corrected chi connectivity index (χ1v) is 12.4. The van der Waals surface area contributed by atoms with E-state index >= 15 is 0 Å². The van der Waals surface area contributed by atoms with Gasteiger partial charge in [0.05, 0.1) is 11.6 Å². The van der Waals surface area contributed by atoms with Gasteiger partial charge in [0, 0.05) is 48.9 Å². The summed E-state index contributed by atoms with van der Waals surface area (Å²) in [4.78, 5) is 31.8. The van der Waals surface area contributed by atoms with Gasteiger partial charge in [-0.05, 0) is 85.2 Å². The minimum Gasteiger partial charge on any atom is -0.339 e. The molecule has 1 aliphatic rings. The number of likely N-dealkylation sites (tertiary alicyclic amines) is 1. The van der Waals surface area contributed by atoms with Crippen LogP contribution in [0.25, 0.3) is 0 Å². The molecule has 0 unspecified atom stereocenters. The molecule has 0 saturated carbocycles. The van der Waals surface area contributed by atoms with Crippen molar-refractivity contribution in [2.24, 2.45) is 0 Å². The van der Waals surface area contributed by atoms with E-state index in [2.05, 4.69) is 11.1 Å². The Labute approximate surface area is 207 Å². The van der Waals surface area contributed by atoms with E-state index in [9.17, 15) is 9.59 Å². The van der Waals surface area contributed by atoms with Crippen molar-refractivity contribution in [1.29, 1.82) is 5.26 Å². The molecule has 0 aliphatic carbocycles. The van der Waals surface area contributed by atoms with E-state index in [0.717, 1.165) is 49.2 Å². The third kappa shape index (κ3) is 5.84. The molecule has 1 aliphatic heterocycles. The van der Waals surface area contributed by atoms with Crippen LogP contribution >= 0.6 is 0 Å². The Morgan fingerprint density at radius 3 is 2.37 bits per heavy atom. The number of hydrogen-bond donors (Lipinski definition) is 0. The zero-order valence-electron chi connectivity index (χ0n) is 20.5. The zero-order chi connectivity index (χ0) is 24.8. The van der Waals surface area contributed by atoms with Crippen molar-refractivity contribution in [2.75, 3.05) is 13.1 Å². The monoisotopic (exact) mass is 465 g/mol. The molecule has 1 amide bonds. The molecule has 178 valence electrons. The number of hydrogen-bond acceptors (Lipinski definition) is 4. The van der Waals surface area contributed by atoms with Crippen LogP contribution in [0.2, 0.25) is 0 Å². The van der Waals surface area contributed by atoms with E-state index in [1.54, 1.807) is 6.20 Å². The molecule has 5 heteroatoms. The van der Waals surface area contributed by atoms with Crippen molar-refractivity contribution in [3.05, 3.63) is 99.9 Å². The topological polar surface area (TPSA) is 74.1 Å². The summed E-state index contributed by atoms with van der Waals surface area (Å²) in [5.74, 6) is 0.606. The Morgan fingerprint density at radius 1 is 1.03 bits per heavy atom. The summed E-state index contributed by atoms with van der Waals surface area (Å²) in [7, 11) is 0. The molecule has 1 aromatic heterocycles. The summed E-state index contributed by atoms with van der Waals surface area (Å²) in [5, 5.41) is 9.00. The van der Waals surface area contributed by atoms with Gasteiger partial charge in [-0.15, -0.1) is 0 Å². The van der Waals surface area contributed by atoms with Crippen LogP contribution in [0.5, 0.6) is 0 Å². The predicted molar refractivity (Wildman–Crippen MR) is 136 cm³/mol. The Bertz CT molecular complexity index is 1230. The number of pyridine rings is 1. The number of rotatable bonds is 7. The average molecular weight is 466 g/mol. The number of aromatic nitrogens is 1. The van der Waals surface area contributed by atoms with E-state index in [4.69, 9.17) is 5.26 Å². The summed E-state index contributed by atoms with van der Waals surface area (Å²) < 4.78 is 0. The number of Topliss-reactive ketones (excluding diaryl/α,β-unsaturated/α-hetero) is 1. The minimum absolute atomic E-state index is 0.0676. The Hall–Kier alpha value is -3.78. The van der Waals surface area contributed by atoms with Crippen LogP contribution in [0.3, 0.4) is 0 Å². The maximum Gasteiger partial charge on any atom is 0.253 e. The maximum atomic E-state index is 13.3. The van der Waals surface area contributed by atoms with Gasteiger partial charge in [-0.3, -0.25) is 14.6 Å². The van der Waals surface area contributed by atoms with Gasteiger partial charge in [0.2, 0.25) is 0 Å². The number of nitriles is 1. The molecule has 1 fully saturated rings. The molecule has 2 aromatic carbocycles. The second-order valence-electron chi connectivity index (χ2n) is 9.33. The molecule has 1 saturated heterocycles. The quantitative estimate of drug-likeness (QED) is 0.410. The Kier molecular flexibility index (Phi) is 7.72. The van der Waals surface area contributed by atoms with Crippen LogP contribution in [0, 0.1) is 18.3 Å². The highest BCUT2D eigenvalue weighted by Crippen LogP contribution is 2.29. The summed E-state index contributed by atoms with van der Waals surface area (Å²) in [6.45, 7) is 5.49. The van der Waals surface area contributed by atoms with E-state index in [-0.39, 0.29) is 11.7 Å². The number of piperidine rings is 1. The third-order valence-electron chi connectivity index (χ3n) is 6.88. The molecular formula is C30H31N3O2. The van der Waals surface area contributed by atoms with Crippen LogP contribution in [-0.2, 0) is 6.42 Å². The molecule has 2 heterocycles. The van der Waals surface area contributed by atoms with Gasteiger partial charge in [0.15, 0.2) is 5.78 Å². The van der Waals surface area contributed by atoms with Crippen LogP contribution in [0.1, 0.15) is 87.2 Å². The van der Waals surface area contributed by atoms with Crippen LogP contribution < -0.4 is 0 Å². The van der Waals surface area contributed by atoms with Gasteiger partial charge in [-0.1, -0.05) is 25.1 Å². The van der Waals surface area contributed by atoms with E-state index in [1.807, 2.05) is 73.3 Å². The SMILES string of the molecule is CCCC(=O)c1ccc(Cc2cc(C(=O)N3CCC(c4ccc(C#N)cc4)CC3)ccc2C)nc1. The van der Waals surface area contributed by atoms with Gasteiger partial charge in [-0.25, -0.2) is 0 Å². The molecule has 4 rings (SSSR count). The van der Waals surface area contributed by atoms with E-state index < -0.39 is 0 Å². The zero-order valence-corrected chi connectivity index (χ0v) is 20.5. The number of aryl methyl sites for hydroxylation is 1. The fraction of sp³-hybridized carbons (Fsp3) is 0.333. The summed E-state index contributed by atoms with van der Waals surface area (Å²) >= 11 is 0. The number of carbonyl (C=O) groups is 2. The highest BCUT2D eigenvalue weighted by molar-refractivity contribution is 5.96. The fourth-order valence-electron chi connectivity index (χ4n) is 4.68. The predicted octanol–water partition coefficient (Wildman–Crippen LogP) is 5.86. The fourth-order valence-corrected chi connectivity index (χ4v) is 4.68. The standard InChI is InChI=1S/C30H31N3O2/c1-3-4-29(34)26-11-12-28(32-20-26)18-27-17-25(8-5-21(27)2)30(35)33-15-13-24(14-16-33)23-9-6-22(19-31)7-10-23/h5-12,17,20,24H,3-4,13-16,18H2,1-2H3. The second-order valence-corrected chi connectivity index (χ2v) is 9.33. The summed E-state index contributed by atoms with van der Waals surface area (Å²) in [5.41, 5.74) is 6.35. The minimum atomic E-state index is 0.0676. The van der Waals surface area contributed by atoms with Crippen molar-refractivity contribution in [3.63, 3.8) is 0 Å². The van der Waals surface area contributed by atoms with E-state index in [0.29, 0.717) is 35.4 Å². The maximum absolute atomic E-state index is 13.3. The lowest BCUT2D eigenvalue weighted by molar-refractivity contribution is 0.0712. The molecule has 0 bridgehead atoms. The first kappa shape index (κ1) is 24.3. The van der Waals surface area contributed by atoms with Gasteiger partial charge >= 0.3 is 0 Å². The van der Waals surface area contributed by atoms with Crippen LogP contribution in [0.4, 0.5) is 0 Å². The average Bonchev–Trinajstić information content (AvgIpc) is 2.90. The third-order valence-corrected chi connectivity index (χ3v) is 6.88. The molecule has 0 radical (unpaired) electrons. The number of benzene rings is 2. The first-order chi connectivity index (χ1) is 17.0. The normalized spacial score (nSPS) is 13.9. The molecule has 0 spiro atoms. The highest BCUT2D eigenvalue weighted by atomic mass is 16.2. The first-order valence-electron chi connectivity index (χ1n) is 12.4. The molecule has 0 atom stereocenters. The van der Waals surface area contributed by atoms with E-state index in [1.165, 1.54) is 5.56 Å². The second kappa shape index (κ2) is 11.1. The Balaban J connectivity index is 1.40. The van der Waals surface area contributed by atoms with Gasteiger partial charge in [-0.2, -0.15) is 5.26 Å². The van der Waals surface area contributed by atoms with Gasteiger partial charge in [0.1, 0.15) is 0 Å². The van der Waals surface area contributed by atoms with Crippen molar-refractivity contribution in [3.8, 4) is 6.07 Å². The summed E-state index contributed by atoms with van der Waals surface area (Å²) in [6, 6.07) is 19.6. The molecule has 0 N–H and O–H groups in total. The van der Waals surface area contributed by atoms with Crippen molar-refractivity contribution < 1.29 is 9.59 Å². The molecule has 5 nitrogen and oxygen atoms in total. The largest absolute Gasteiger partial charge is 0.339 e. The van der Waals surface area contributed by atoms with Gasteiger partial charge in [0.25, 0.3) is 5.91 Å².